The standard InChI is InChI=1S/C25H22N2O4/c28-24(31-26-25(29)21-7-2-1-3-8-21)18-19-10-12-22(13-11-19)30-17-16-27-15-14-20-6-4-5-9-23(20)27/h1-15H,16-18H2,(H,26,29). The van der Waals surface area contributed by atoms with Crippen molar-refractivity contribution in [3.05, 3.63) is 102 Å². The van der Waals surface area contributed by atoms with Crippen molar-refractivity contribution in [1.29, 1.82) is 0 Å². The van der Waals surface area contributed by atoms with Gasteiger partial charge < -0.3 is 14.1 Å². The van der Waals surface area contributed by atoms with Gasteiger partial charge in [-0.3, -0.25) is 4.79 Å². The molecule has 31 heavy (non-hydrogen) atoms. The van der Waals surface area contributed by atoms with Gasteiger partial charge in [-0.1, -0.05) is 48.5 Å². The molecule has 6 nitrogen and oxygen atoms in total. The van der Waals surface area contributed by atoms with E-state index in [0.29, 0.717) is 12.2 Å². The van der Waals surface area contributed by atoms with E-state index in [1.54, 1.807) is 42.5 Å². The maximum absolute atomic E-state index is 12.0. The molecule has 0 aliphatic carbocycles. The summed E-state index contributed by atoms with van der Waals surface area (Å²) in [6, 6.07) is 26.1. The third kappa shape index (κ3) is 5.30. The molecule has 156 valence electrons. The van der Waals surface area contributed by atoms with Gasteiger partial charge in [0, 0.05) is 17.3 Å². The van der Waals surface area contributed by atoms with E-state index in [-0.39, 0.29) is 6.42 Å². The smallest absolute Gasteiger partial charge is 0.336 e. The number of carbonyl (C=O) groups is 2. The van der Waals surface area contributed by atoms with Crippen molar-refractivity contribution >= 4 is 22.8 Å². The van der Waals surface area contributed by atoms with Gasteiger partial charge in [0.25, 0.3) is 5.91 Å². The van der Waals surface area contributed by atoms with Crippen molar-refractivity contribution in [1.82, 2.24) is 10.0 Å². The number of nitrogens with zero attached hydrogens (tertiary/aromatic N) is 1. The summed E-state index contributed by atoms with van der Waals surface area (Å²) in [6.45, 7) is 1.27. The maximum Gasteiger partial charge on any atom is 0.336 e. The van der Waals surface area contributed by atoms with Crippen LogP contribution in [0.2, 0.25) is 0 Å². The van der Waals surface area contributed by atoms with Crippen LogP contribution in [0.1, 0.15) is 15.9 Å². The number of amides is 1. The summed E-state index contributed by atoms with van der Waals surface area (Å²) in [5.74, 6) is -0.281. The third-order valence-corrected chi connectivity index (χ3v) is 4.85. The van der Waals surface area contributed by atoms with Gasteiger partial charge in [-0.15, -0.1) is 0 Å². The van der Waals surface area contributed by atoms with Gasteiger partial charge in [0.15, 0.2) is 0 Å². The van der Waals surface area contributed by atoms with Crippen LogP contribution in [0.3, 0.4) is 0 Å². The van der Waals surface area contributed by atoms with Crippen molar-refractivity contribution in [3.8, 4) is 5.75 Å². The Morgan fingerprint density at radius 1 is 0.839 bits per heavy atom. The lowest BCUT2D eigenvalue weighted by Crippen LogP contribution is -2.27. The van der Waals surface area contributed by atoms with Gasteiger partial charge in [0.2, 0.25) is 0 Å². The largest absolute Gasteiger partial charge is 0.492 e. The molecule has 4 aromatic rings. The normalized spacial score (nSPS) is 10.6. The average molecular weight is 414 g/mol. The van der Waals surface area contributed by atoms with Crippen molar-refractivity contribution in [2.75, 3.05) is 6.61 Å². The monoisotopic (exact) mass is 414 g/mol. The second-order valence-electron chi connectivity index (χ2n) is 7.01. The van der Waals surface area contributed by atoms with Crippen LogP contribution in [0.25, 0.3) is 10.9 Å². The molecular formula is C25H22N2O4. The van der Waals surface area contributed by atoms with E-state index in [1.165, 1.54) is 10.9 Å². The van der Waals surface area contributed by atoms with Gasteiger partial charge in [0.05, 0.1) is 13.0 Å². The number of benzene rings is 3. The Balaban J connectivity index is 1.22. The fourth-order valence-corrected chi connectivity index (χ4v) is 3.26. The van der Waals surface area contributed by atoms with Crippen molar-refractivity contribution < 1.29 is 19.2 Å². The molecule has 6 heteroatoms. The summed E-state index contributed by atoms with van der Waals surface area (Å²) in [4.78, 5) is 28.7. The van der Waals surface area contributed by atoms with E-state index in [9.17, 15) is 9.59 Å². The lowest BCUT2D eigenvalue weighted by molar-refractivity contribution is -0.148. The number of fused-ring (bicyclic) bond motifs is 1. The summed E-state index contributed by atoms with van der Waals surface area (Å²) >= 11 is 0. The second kappa shape index (κ2) is 9.63. The van der Waals surface area contributed by atoms with Crippen LogP contribution < -0.4 is 10.2 Å². The maximum atomic E-state index is 12.0. The Labute approximate surface area is 180 Å². The fraction of sp³-hybridized carbons (Fsp3) is 0.120. The highest BCUT2D eigenvalue weighted by atomic mass is 16.7. The van der Waals surface area contributed by atoms with Gasteiger partial charge in [-0.2, -0.15) is 5.48 Å². The molecule has 0 spiro atoms. The topological polar surface area (TPSA) is 69.6 Å². The Kier molecular flexibility index (Phi) is 6.28. The van der Waals surface area contributed by atoms with Gasteiger partial charge >= 0.3 is 5.97 Å². The van der Waals surface area contributed by atoms with Crippen LogP contribution in [-0.4, -0.2) is 23.1 Å². The number of hydroxylamine groups is 1. The van der Waals surface area contributed by atoms with E-state index in [4.69, 9.17) is 9.57 Å². The zero-order valence-corrected chi connectivity index (χ0v) is 16.9. The summed E-state index contributed by atoms with van der Waals surface area (Å²) in [5, 5.41) is 1.21. The number of hydrogen-bond acceptors (Lipinski definition) is 4. The molecule has 1 aromatic heterocycles. The van der Waals surface area contributed by atoms with Crippen LogP contribution in [0.5, 0.6) is 5.75 Å². The molecule has 0 atom stereocenters. The number of carbonyl (C=O) groups excluding carboxylic acids is 2. The summed E-state index contributed by atoms with van der Waals surface area (Å²) in [7, 11) is 0. The number of rotatable bonds is 7. The molecule has 4 rings (SSSR count). The van der Waals surface area contributed by atoms with Crippen LogP contribution >= 0.6 is 0 Å². The number of nitrogens with one attached hydrogen (secondary N) is 1. The minimum atomic E-state index is -0.544. The van der Waals surface area contributed by atoms with Gasteiger partial charge in [-0.25, -0.2) is 4.79 Å². The van der Waals surface area contributed by atoms with E-state index in [0.717, 1.165) is 17.9 Å². The lowest BCUT2D eigenvalue weighted by atomic mass is 10.1. The fourth-order valence-electron chi connectivity index (χ4n) is 3.26. The van der Waals surface area contributed by atoms with Crippen LogP contribution in [0.4, 0.5) is 0 Å². The zero-order chi connectivity index (χ0) is 21.5. The average Bonchev–Trinajstić information content (AvgIpc) is 3.22. The first-order valence-electron chi connectivity index (χ1n) is 10.00. The Bertz CT molecular complexity index is 1170. The number of hydrogen-bond donors (Lipinski definition) is 1. The molecular weight excluding hydrogens is 392 g/mol. The third-order valence-electron chi connectivity index (χ3n) is 4.85. The van der Waals surface area contributed by atoms with Crippen LogP contribution in [0.15, 0.2) is 91.1 Å². The lowest BCUT2D eigenvalue weighted by Gasteiger charge is -2.09. The second-order valence-corrected chi connectivity index (χ2v) is 7.01. The molecule has 3 aromatic carbocycles. The first-order chi connectivity index (χ1) is 15.2. The summed E-state index contributed by atoms with van der Waals surface area (Å²) < 4.78 is 7.98. The first kappa shape index (κ1) is 20.2. The van der Waals surface area contributed by atoms with Gasteiger partial charge in [-0.05, 0) is 47.3 Å². The molecule has 1 heterocycles. The van der Waals surface area contributed by atoms with Gasteiger partial charge in [0.1, 0.15) is 12.4 Å². The molecule has 0 radical (unpaired) electrons. The molecule has 1 amide bonds. The Morgan fingerprint density at radius 2 is 1.58 bits per heavy atom. The minimum absolute atomic E-state index is 0.0463. The highest BCUT2D eigenvalue weighted by Gasteiger charge is 2.10. The van der Waals surface area contributed by atoms with Crippen molar-refractivity contribution in [2.45, 2.75) is 13.0 Å². The molecule has 0 saturated carbocycles. The molecule has 0 unspecified atom stereocenters. The SMILES string of the molecule is O=C(Cc1ccc(OCCn2ccc3ccccc32)cc1)ONC(=O)c1ccccc1. The highest BCUT2D eigenvalue weighted by molar-refractivity contribution is 5.94. The van der Waals surface area contributed by atoms with E-state index >= 15 is 0 Å². The number of para-hydroxylation sites is 1. The van der Waals surface area contributed by atoms with Crippen molar-refractivity contribution in [2.24, 2.45) is 0 Å². The summed E-state index contributed by atoms with van der Waals surface area (Å²) in [6.07, 6.45) is 2.10. The van der Waals surface area contributed by atoms with Crippen LogP contribution in [-0.2, 0) is 22.6 Å². The predicted molar refractivity (Wildman–Crippen MR) is 118 cm³/mol. The Hall–Kier alpha value is -4.06. The Morgan fingerprint density at radius 3 is 2.39 bits per heavy atom. The summed E-state index contributed by atoms with van der Waals surface area (Å²) in [5.41, 5.74) is 4.54. The molecule has 0 aliphatic rings. The van der Waals surface area contributed by atoms with E-state index < -0.39 is 11.9 Å². The predicted octanol–water partition coefficient (Wildman–Crippen LogP) is 4.15. The molecule has 0 fully saturated rings. The van der Waals surface area contributed by atoms with E-state index in [1.807, 2.05) is 24.3 Å². The quantitative estimate of drug-likeness (QED) is 0.461. The van der Waals surface area contributed by atoms with E-state index in [2.05, 4.69) is 34.4 Å². The molecule has 0 saturated heterocycles. The molecule has 1 N–H and O–H groups in total. The zero-order valence-electron chi connectivity index (χ0n) is 16.9. The van der Waals surface area contributed by atoms with Crippen LogP contribution in [0, 0.1) is 0 Å². The first-order valence-corrected chi connectivity index (χ1v) is 10.00. The highest BCUT2D eigenvalue weighted by Crippen LogP contribution is 2.16. The number of ether oxygens (including phenoxy) is 1. The van der Waals surface area contributed by atoms with Crippen molar-refractivity contribution in [3.63, 3.8) is 0 Å². The molecule has 0 bridgehead atoms. The molecule has 0 aliphatic heterocycles. The number of aromatic nitrogens is 1. The minimum Gasteiger partial charge on any atom is -0.492 e.